The van der Waals surface area contributed by atoms with E-state index in [-0.39, 0.29) is 11.7 Å². The number of nitrogens with one attached hydrogen (secondary N) is 1. The standard InChI is InChI=1S/C15H16FN3O/c1-2-19-14(9-10-18-19)11-17-15(20)8-5-12-3-6-13(16)7-4-12/h3-10H,2,11H2,1H3,(H,17,20)/b8-5+. The lowest BCUT2D eigenvalue weighted by atomic mass is 10.2. The van der Waals surface area contributed by atoms with Gasteiger partial charge in [0.1, 0.15) is 5.82 Å². The van der Waals surface area contributed by atoms with Crippen LogP contribution in [0.2, 0.25) is 0 Å². The fourth-order valence-electron chi connectivity index (χ4n) is 1.78. The molecule has 1 N–H and O–H groups in total. The highest BCUT2D eigenvalue weighted by Crippen LogP contribution is 2.04. The second kappa shape index (κ2) is 6.65. The summed E-state index contributed by atoms with van der Waals surface area (Å²) in [5.41, 5.74) is 1.73. The van der Waals surface area contributed by atoms with Crippen LogP contribution in [0.5, 0.6) is 0 Å². The molecule has 0 saturated carbocycles. The van der Waals surface area contributed by atoms with Crippen molar-refractivity contribution in [2.24, 2.45) is 0 Å². The molecule has 4 nitrogen and oxygen atoms in total. The molecule has 0 fully saturated rings. The van der Waals surface area contributed by atoms with E-state index >= 15 is 0 Å². The molecule has 1 aromatic carbocycles. The van der Waals surface area contributed by atoms with E-state index < -0.39 is 0 Å². The van der Waals surface area contributed by atoms with Crippen molar-refractivity contribution in [1.29, 1.82) is 0 Å². The molecule has 1 amide bonds. The Bertz CT molecular complexity index is 602. The molecule has 2 aromatic rings. The van der Waals surface area contributed by atoms with Crippen LogP contribution in [0.4, 0.5) is 4.39 Å². The molecule has 2 rings (SSSR count). The van der Waals surface area contributed by atoms with Crippen molar-refractivity contribution >= 4 is 12.0 Å². The number of aromatic nitrogens is 2. The Kier molecular flexibility index (Phi) is 4.65. The zero-order valence-corrected chi connectivity index (χ0v) is 11.2. The third kappa shape index (κ3) is 3.78. The highest BCUT2D eigenvalue weighted by atomic mass is 19.1. The summed E-state index contributed by atoms with van der Waals surface area (Å²) in [6.45, 7) is 3.19. The summed E-state index contributed by atoms with van der Waals surface area (Å²) < 4.78 is 14.5. The number of aryl methyl sites for hydroxylation is 1. The van der Waals surface area contributed by atoms with Crippen LogP contribution in [0.25, 0.3) is 6.08 Å². The second-order valence-corrected chi connectivity index (χ2v) is 4.24. The van der Waals surface area contributed by atoms with Crippen LogP contribution < -0.4 is 5.32 Å². The number of amides is 1. The topological polar surface area (TPSA) is 46.9 Å². The summed E-state index contributed by atoms with van der Waals surface area (Å²) in [4.78, 5) is 11.7. The van der Waals surface area contributed by atoms with Crippen LogP contribution in [0.1, 0.15) is 18.2 Å². The van der Waals surface area contributed by atoms with Gasteiger partial charge in [-0.05, 0) is 36.8 Å². The van der Waals surface area contributed by atoms with Crippen LogP contribution in [0.3, 0.4) is 0 Å². The summed E-state index contributed by atoms with van der Waals surface area (Å²) in [7, 11) is 0. The van der Waals surface area contributed by atoms with E-state index in [9.17, 15) is 9.18 Å². The first kappa shape index (κ1) is 14.0. The predicted molar refractivity (Wildman–Crippen MR) is 75.2 cm³/mol. The van der Waals surface area contributed by atoms with E-state index in [1.54, 1.807) is 24.4 Å². The zero-order chi connectivity index (χ0) is 14.4. The second-order valence-electron chi connectivity index (χ2n) is 4.24. The molecule has 0 aliphatic rings. The predicted octanol–water partition coefficient (Wildman–Crippen LogP) is 2.37. The first-order valence-electron chi connectivity index (χ1n) is 6.41. The van der Waals surface area contributed by atoms with Crippen molar-refractivity contribution in [1.82, 2.24) is 15.1 Å². The van der Waals surface area contributed by atoms with Gasteiger partial charge in [0.05, 0.1) is 12.2 Å². The molecule has 0 unspecified atom stereocenters. The van der Waals surface area contributed by atoms with Gasteiger partial charge >= 0.3 is 0 Å². The molecular formula is C15H16FN3O. The summed E-state index contributed by atoms with van der Waals surface area (Å²) >= 11 is 0. The monoisotopic (exact) mass is 273 g/mol. The van der Waals surface area contributed by atoms with Gasteiger partial charge < -0.3 is 5.32 Å². The van der Waals surface area contributed by atoms with Crippen LogP contribution in [0, 0.1) is 5.82 Å². The van der Waals surface area contributed by atoms with Gasteiger partial charge in [0, 0.05) is 18.8 Å². The van der Waals surface area contributed by atoms with Gasteiger partial charge in [-0.15, -0.1) is 0 Å². The fraction of sp³-hybridized carbons (Fsp3) is 0.200. The third-order valence-corrected chi connectivity index (χ3v) is 2.84. The van der Waals surface area contributed by atoms with E-state index in [0.29, 0.717) is 6.54 Å². The number of hydrogen-bond donors (Lipinski definition) is 1. The lowest BCUT2D eigenvalue weighted by molar-refractivity contribution is -0.116. The van der Waals surface area contributed by atoms with E-state index in [1.807, 2.05) is 17.7 Å². The third-order valence-electron chi connectivity index (χ3n) is 2.84. The summed E-state index contributed by atoms with van der Waals surface area (Å²) in [6, 6.07) is 7.82. The first-order valence-corrected chi connectivity index (χ1v) is 6.41. The minimum atomic E-state index is -0.292. The fourth-order valence-corrected chi connectivity index (χ4v) is 1.78. The number of halogens is 1. The highest BCUT2D eigenvalue weighted by molar-refractivity contribution is 5.91. The van der Waals surface area contributed by atoms with E-state index in [1.165, 1.54) is 18.2 Å². The van der Waals surface area contributed by atoms with E-state index in [0.717, 1.165) is 17.8 Å². The van der Waals surface area contributed by atoms with Crippen molar-refractivity contribution in [2.45, 2.75) is 20.0 Å². The molecule has 0 radical (unpaired) electrons. The molecule has 0 saturated heterocycles. The van der Waals surface area contributed by atoms with Crippen molar-refractivity contribution in [3.63, 3.8) is 0 Å². The average Bonchev–Trinajstić information content (AvgIpc) is 2.92. The zero-order valence-electron chi connectivity index (χ0n) is 11.2. The minimum absolute atomic E-state index is 0.196. The Morgan fingerprint density at radius 1 is 1.35 bits per heavy atom. The molecule has 0 aliphatic heterocycles. The first-order chi connectivity index (χ1) is 9.69. The molecule has 1 aromatic heterocycles. The Balaban J connectivity index is 1.88. The van der Waals surface area contributed by atoms with Crippen LogP contribution in [-0.2, 0) is 17.9 Å². The van der Waals surface area contributed by atoms with Gasteiger partial charge in [0.2, 0.25) is 5.91 Å². The lowest BCUT2D eigenvalue weighted by Crippen LogP contribution is -2.22. The van der Waals surface area contributed by atoms with Gasteiger partial charge in [-0.1, -0.05) is 12.1 Å². The molecule has 0 atom stereocenters. The Hall–Kier alpha value is -2.43. The van der Waals surface area contributed by atoms with E-state index in [4.69, 9.17) is 0 Å². The largest absolute Gasteiger partial charge is 0.347 e. The molecule has 0 aliphatic carbocycles. The van der Waals surface area contributed by atoms with Gasteiger partial charge in [0.15, 0.2) is 0 Å². The quantitative estimate of drug-likeness (QED) is 0.850. The maximum atomic E-state index is 12.7. The highest BCUT2D eigenvalue weighted by Gasteiger charge is 2.01. The number of rotatable bonds is 5. The Morgan fingerprint density at radius 2 is 2.10 bits per heavy atom. The maximum absolute atomic E-state index is 12.7. The van der Waals surface area contributed by atoms with E-state index in [2.05, 4.69) is 10.4 Å². The number of hydrogen-bond acceptors (Lipinski definition) is 2. The molecular weight excluding hydrogens is 257 g/mol. The van der Waals surface area contributed by atoms with Gasteiger partial charge in [-0.25, -0.2) is 4.39 Å². The normalized spacial score (nSPS) is 10.9. The van der Waals surface area contributed by atoms with Crippen LogP contribution >= 0.6 is 0 Å². The van der Waals surface area contributed by atoms with Crippen molar-refractivity contribution in [3.05, 3.63) is 59.7 Å². The maximum Gasteiger partial charge on any atom is 0.244 e. The van der Waals surface area contributed by atoms with Gasteiger partial charge in [-0.2, -0.15) is 5.10 Å². The molecule has 0 spiro atoms. The number of nitrogens with zero attached hydrogens (tertiary/aromatic N) is 2. The van der Waals surface area contributed by atoms with Crippen molar-refractivity contribution in [3.8, 4) is 0 Å². The van der Waals surface area contributed by atoms with Crippen molar-refractivity contribution in [2.75, 3.05) is 0 Å². The van der Waals surface area contributed by atoms with Crippen LogP contribution in [0.15, 0.2) is 42.6 Å². The van der Waals surface area contributed by atoms with Crippen LogP contribution in [-0.4, -0.2) is 15.7 Å². The van der Waals surface area contributed by atoms with Crippen molar-refractivity contribution < 1.29 is 9.18 Å². The molecule has 20 heavy (non-hydrogen) atoms. The number of carbonyl (C=O) groups excluding carboxylic acids is 1. The molecule has 1 heterocycles. The Morgan fingerprint density at radius 3 is 2.80 bits per heavy atom. The molecule has 5 heteroatoms. The molecule has 104 valence electrons. The smallest absolute Gasteiger partial charge is 0.244 e. The van der Waals surface area contributed by atoms with Gasteiger partial charge in [0.25, 0.3) is 0 Å². The SMILES string of the molecule is CCn1nccc1CNC(=O)/C=C/c1ccc(F)cc1. The number of benzene rings is 1. The lowest BCUT2D eigenvalue weighted by Gasteiger charge is -2.04. The van der Waals surface area contributed by atoms with Gasteiger partial charge in [-0.3, -0.25) is 9.48 Å². The summed E-state index contributed by atoms with van der Waals surface area (Å²) in [5, 5.41) is 6.91. The summed E-state index contributed by atoms with van der Waals surface area (Å²) in [5.74, 6) is -0.488. The Labute approximate surface area is 116 Å². The summed E-state index contributed by atoms with van der Waals surface area (Å²) in [6.07, 6.45) is 4.78. The number of carbonyl (C=O) groups is 1. The molecule has 0 bridgehead atoms. The average molecular weight is 273 g/mol. The minimum Gasteiger partial charge on any atom is -0.347 e.